The van der Waals surface area contributed by atoms with Crippen LogP contribution in [0.3, 0.4) is 0 Å². The molecule has 1 saturated heterocycles. The maximum absolute atomic E-state index is 12.8. The van der Waals surface area contributed by atoms with Crippen LogP contribution in [0.5, 0.6) is 0 Å². The number of nitrogens with zero attached hydrogens (tertiary/aromatic N) is 3. The van der Waals surface area contributed by atoms with Crippen LogP contribution in [0.1, 0.15) is 47.1 Å². The number of hydrogen-bond donors (Lipinski definition) is 1. The van der Waals surface area contributed by atoms with Crippen LogP contribution in [-0.4, -0.2) is 52.1 Å². The highest BCUT2D eigenvalue weighted by Crippen LogP contribution is 2.23. The van der Waals surface area contributed by atoms with Crippen LogP contribution in [0.4, 0.5) is 5.82 Å². The summed E-state index contributed by atoms with van der Waals surface area (Å²) in [6.07, 6.45) is 12.7. The molecule has 174 valence electrons. The molecule has 0 radical (unpaired) electrons. The number of aryl methyl sites for hydroxylation is 1. The molecule has 34 heavy (non-hydrogen) atoms. The van der Waals surface area contributed by atoms with Crippen LogP contribution in [0, 0.1) is 0 Å². The third kappa shape index (κ3) is 4.93. The van der Waals surface area contributed by atoms with Crippen LogP contribution >= 0.6 is 0 Å². The molecule has 7 nitrogen and oxygen atoms in total. The van der Waals surface area contributed by atoms with Gasteiger partial charge in [-0.05, 0) is 71.7 Å². The van der Waals surface area contributed by atoms with Crippen molar-refractivity contribution in [3.05, 3.63) is 70.4 Å². The van der Waals surface area contributed by atoms with E-state index in [0.717, 1.165) is 54.6 Å². The van der Waals surface area contributed by atoms with E-state index in [2.05, 4.69) is 22.4 Å². The number of benzene rings is 1. The number of aromatic nitrogens is 1. The van der Waals surface area contributed by atoms with Gasteiger partial charge >= 0.3 is 0 Å². The van der Waals surface area contributed by atoms with Gasteiger partial charge in [0, 0.05) is 50.9 Å². The van der Waals surface area contributed by atoms with Crippen molar-refractivity contribution in [1.82, 2.24) is 14.8 Å². The lowest BCUT2D eigenvalue weighted by Gasteiger charge is -2.28. The van der Waals surface area contributed by atoms with E-state index >= 15 is 0 Å². The number of hydrogen-bond acceptors (Lipinski definition) is 4. The van der Waals surface area contributed by atoms with Gasteiger partial charge in [-0.3, -0.25) is 14.4 Å². The Balaban J connectivity index is 1.20. The molecule has 1 aromatic carbocycles. The second kappa shape index (κ2) is 9.63. The number of anilines is 1. The summed E-state index contributed by atoms with van der Waals surface area (Å²) in [5.74, 6) is 0.652. The van der Waals surface area contributed by atoms with Gasteiger partial charge in [0.15, 0.2) is 0 Å². The molecule has 0 atom stereocenters. The van der Waals surface area contributed by atoms with Crippen molar-refractivity contribution in [2.24, 2.45) is 0 Å². The topological polar surface area (TPSA) is 82.6 Å². The fraction of sp³-hybridized carbons (Fsp3) is 0.333. The molecule has 3 amide bonds. The third-order valence-corrected chi connectivity index (χ3v) is 6.68. The van der Waals surface area contributed by atoms with Gasteiger partial charge in [0.2, 0.25) is 17.7 Å². The molecule has 0 saturated carbocycles. The maximum Gasteiger partial charge on any atom is 0.246 e. The molecule has 1 fully saturated rings. The van der Waals surface area contributed by atoms with Gasteiger partial charge in [-0.15, -0.1) is 0 Å². The normalized spacial score (nSPS) is 17.7. The van der Waals surface area contributed by atoms with Crippen molar-refractivity contribution in [3.8, 4) is 0 Å². The van der Waals surface area contributed by atoms with Crippen LogP contribution in [0.2, 0.25) is 0 Å². The van der Waals surface area contributed by atoms with E-state index in [9.17, 15) is 14.4 Å². The van der Waals surface area contributed by atoms with E-state index in [1.807, 2.05) is 28.0 Å². The van der Waals surface area contributed by atoms with E-state index < -0.39 is 0 Å². The van der Waals surface area contributed by atoms with Crippen LogP contribution in [-0.2, 0) is 33.8 Å². The molecular weight excluding hydrogens is 428 g/mol. The fourth-order valence-corrected chi connectivity index (χ4v) is 4.71. The first-order valence-corrected chi connectivity index (χ1v) is 11.9. The first kappa shape index (κ1) is 22.1. The quantitative estimate of drug-likeness (QED) is 0.717. The minimum absolute atomic E-state index is 0.0115. The van der Waals surface area contributed by atoms with Crippen molar-refractivity contribution >= 4 is 35.7 Å². The molecule has 0 spiro atoms. The van der Waals surface area contributed by atoms with Crippen LogP contribution in [0.15, 0.2) is 42.6 Å². The number of amides is 3. The number of pyridine rings is 1. The Morgan fingerprint density at radius 1 is 0.824 bits per heavy atom. The van der Waals surface area contributed by atoms with Gasteiger partial charge < -0.3 is 15.1 Å². The van der Waals surface area contributed by atoms with E-state index in [1.165, 1.54) is 5.56 Å². The Hall–Kier alpha value is -3.74. The summed E-state index contributed by atoms with van der Waals surface area (Å²) in [5, 5.41) is 2.77. The highest BCUT2D eigenvalue weighted by Gasteiger charge is 2.20. The average molecular weight is 457 g/mol. The van der Waals surface area contributed by atoms with Gasteiger partial charge in [0.1, 0.15) is 5.82 Å². The van der Waals surface area contributed by atoms with Crippen molar-refractivity contribution in [2.45, 2.75) is 38.6 Å². The zero-order valence-corrected chi connectivity index (χ0v) is 19.1. The summed E-state index contributed by atoms with van der Waals surface area (Å²) < 4.78 is 0. The molecule has 1 aromatic heterocycles. The Kier molecular flexibility index (Phi) is 6.25. The van der Waals surface area contributed by atoms with Crippen molar-refractivity contribution < 1.29 is 14.4 Å². The van der Waals surface area contributed by atoms with Crippen LogP contribution in [0.25, 0.3) is 12.2 Å². The van der Waals surface area contributed by atoms with Gasteiger partial charge in [0.25, 0.3) is 0 Å². The molecule has 2 aromatic rings. The minimum atomic E-state index is -0.0307. The zero-order valence-electron chi connectivity index (χ0n) is 19.1. The smallest absolute Gasteiger partial charge is 0.246 e. The average Bonchev–Trinajstić information content (AvgIpc) is 3.40. The zero-order chi connectivity index (χ0) is 23.5. The molecular formula is C27H28N4O3. The number of carbonyl (C=O) groups excluding carboxylic acids is 3. The number of rotatable bonds is 4. The Morgan fingerprint density at radius 2 is 1.56 bits per heavy atom. The van der Waals surface area contributed by atoms with Crippen molar-refractivity contribution in [2.75, 3.05) is 25.0 Å². The predicted molar refractivity (Wildman–Crippen MR) is 131 cm³/mol. The lowest BCUT2D eigenvalue weighted by molar-refractivity contribution is -0.127. The lowest BCUT2D eigenvalue weighted by Crippen LogP contribution is -2.34. The van der Waals surface area contributed by atoms with E-state index in [4.69, 9.17) is 0 Å². The van der Waals surface area contributed by atoms with E-state index in [1.54, 1.807) is 24.4 Å². The summed E-state index contributed by atoms with van der Waals surface area (Å²) in [4.78, 5) is 44.6. The number of likely N-dealkylation sites (tertiary alicyclic amines) is 1. The molecule has 3 aliphatic heterocycles. The van der Waals surface area contributed by atoms with Crippen LogP contribution < -0.4 is 5.32 Å². The Labute approximate surface area is 199 Å². The van der Waals surface area contributed by atoms with Crippen molar-refractivity contribution in [1.29, 1.82) is 0 Å². The first-order valence-electron chi connectivity index (χ1n) is 11.9. The SMILES string of the molecule is O=C1CCc2cc(/C=C/C(=O)N3CCc4cc(/C=C/C(=O)N5CCCC5)ccc4C3)cnc2N1. The second-order valence-corrected chi connectivity index (χ2v) is 9.06. The second-order valence-electron chi connectivity index (χ2n) is 9.06. The van der Waals surface area contributed by atoms with E-state index in [-0.39, 0.29) is 17.7 Å². The first-order chi connectivity index (χ1) is 16.5. The standard InChI is InChI=1S/C27H28N4O3/c32-24-8-7-22-16-20(17-28-27(22)29-24)5-10-26(34)31-14-11-21-15-19(3-6-23(21)18-31)4-9-25(33)30-12-1-2-13-30/h3-6,9-10,15-17H,1-2,7-8,11-14,18H2,(H,28,29,32)/b9-4+,10-5+. The predicted octanol–water partition coefficient (Wildman–Crippen LogP) is 3.20. The van der Waals surface area contributed by atoms with Gasteiger partial charge in [-0.1, -0.05) is 18.2 Å². The number of fused-ring (bicyclic) bond motifs is 2. The summed E-state index contributed by atoms with van der Waals surface area (Å²) in [5.41, 5.74) is 5.22. The molecule has 0 unspecified atom stereocenters. The lowest BCUT2D eigenvalue weighted by atomic mass is 9.97. The maximum atomic E-state index is 12.8. The number of nitrogens with one attached hydrogen (secondary N) is 1. The van der Waals surface area contributed by atoms with E-state index in [0.29, 0.717) is 31.7 Å². The third-order valence-electron chi connectivity index (χ3n) is 6.68. The molecule has 3 aliphatic rings. The Bertz CT molecular complexity index is 1190. The summed E-state index contributed by atoms with van der Waals surface area (Å²) in [6.45, 7) is 2.94. The highest BCUT2D eigenvalue weighted by atomic mass is 16.2. The minimum Gasteiger partial charge on any atom is -0.339 e. The summed E-state index contributed by atoms with van der Waals surface area (Å²) in [7, 11) is 0. The number of carbonyl (C=O) groups is 3. The molecule has 5 rings (SSSR count). The summed E-state index contributed by atoms with van der Waals surface area (Å²) in [6, 6.07) is 8.16. The Morgan fingerprint density at radius 3 is 2.38 bits per heavy atom. The van der Waals surface area contributed by atoms with Gasteiger partial charge in [0.05, 0.1) is 0 Å². The monoisotopic (exact) mass is 456 g/mol. The fourth-order valence-electron chi connectivity index (χ4n) is 4.71. The van der Waals surface area contributed by atoms with Crippen molar-refractivity contribution in [3.63, 3.8) is 0 Å². The molecule has 1 N–H and O–H groups in total. The molecule has 0 aliphatic carbocycles. The largest absolute Gasteiger partial charge is 0.339 e. The van der Waals surface area contributed by atoms with Gasteiger partial charge in [-0.25, -0.2) is 4.98 Å². The highest BCUT2D eigenvalue weighted by molar-refractivity contribution is 5.94. The molecule has 0 bridgehead atoms. The van der Waals surface area contributed by atoms with Gasteiger partial charge in [-0.2, -0.15) is 0 Å². The summed E-state index contributed by atoms with van der Waals surface area (Å²) >= 11 is 0. The molecule has 4 heterocycles. The molecule has 7 heteroatoms.